The van der Waals surface area contributed by atoms with E-state index in [0.29, 0.717) is 11.8 Å². The summed E-state index contributed by atoms with van der Waals surface area (Å²) in [6, 6.07) is 0. The molecule has 0 radical (unpaired) electrons. The lowest BCUT2D eigenvalue weighted by atomic mass is 10.1. The molecule has 3 fully saturated rings. The van der Waals surface area contributed by atoms with Crippen LogP contribution in [0.15, 0.2) is 0 Å². The van der Waals surface area contributed by atoms with Crippen LogP contribution in [0.1, 0.15) is 19.3 Å². The molecule has 1 saturated heterocycles. The number of rotatable bonds is 3. The monoisotopic (exact) mass is 301 g/mol. The summed E-state index contributed by atoms with van der Waals surface area (Å²) >= 11 is 0. The topological polar surface area (TPSA) is 52.7 Å². The number of nitrogens with zero attached hydrogens (tertiary/aromatic N) is 2. The van der Waals surface area contributed by atoms with Gasteiger partial charge >= 0.3 is 0 Å². The van der Waals surface area contributed by atoms with Crippen molar-refractivity contribution in [2.45, 2.75) is 19.3 Å². The Labute approximate surface area is 126 Å². The maximum absolute atomic E-state index is 12.3. The molecule has 2 saturated carbocycles. The van der Waals surface area contributed by atoms with E-state index in [1.165, 1.54) is 19.3 Å². The predicted octanol–water partition coefficient (Wildman–Crippen LogP) is 0.345. The van der Waals surface area contributed by atoms with Gasteiger partial charge < -0.3 is 15.1 Å². The fraction of sp³-hybridized carbons (Fsp3) is 0.857. The number of hydrogen-bond acceptors (Lipinski definition) is 3. The summed E-state index contributed by atoms with van der Waals surface area (Å²) < 4.78 is 0. The van der Waals surface area contributed by atoms with E-state index in [4.69, 9.17) is 0 Å². The maximum atomic E-state index is 12.3. The Hall–Kier alpha value is -0.810. The van der Waals surface area contributed by atoms with Gasteiger partial charge in [-0.25, -0.2) is 0 Å². The van der Waals surface area contributed by atoms with Gasteiger partial charge in [-0.15, -0.1) is 12.4 Å². The van der Waals surface area contributed by atoms with Crippen molar-refractivity contribution >= 4 is 24.2 Å². The number of amides is 2. The largest absolute Gasteiger partial charge is 0.339 e. The summed E-state index contributed by atoms with van der Waals surface area (Å²) in [6.07, 6.45) is 3.70. The van der Waals surface area contributed by atoms with Gasteiger partial charge in [-0.2, -0.15) is 0 Å². The van der Waals surface area contributed by atoms with Crippen LogP contribution in [0.5, 0.6) is 0 Å². The molecule has 3 aliphatic rings. The van der Waals surface area contributed by atoms with Crippen LogP contribution in [0.3, 0.4) is 0 Å². The summed E-state index contributed by atoms with van der Waals surface area (Å²) in [7, 11) is 1.77. The lowest BCUT2D eigenvalue weighted by Gasteiger charge is -2.29. The third kappa shape index (κ3) is 2.93. The van der Waals surface area contributed by atoms with Crippen LogP contribution < -0.4 is 5.32 Å². The van der Waals surface area contributed by atoms with Crippen molar-refractivity contribution in [1.29, 1.82) is 0 Å². The second-order valence-electron chi connectivity index (χ2n) is 6.11. The van der Waals surface area contributed by atoms with Crippen molar-refractivity contribution < 1.29 is 9.59 Å². The molecule has 2 unspecified atom stereocenters. The van der Waals surface area contributed by atoms with E-state index in [-0.39, 0.29) is 36.7 Å². The van der Waals surface area contributed by atoms with Gasteiger partial charge in [0.2, 0.25) is 11.8 Å². The van der Waals surface area contributed by atoms with Gasteiger partial charge in [-0.1, -0.05) is 6.42 Å². The first kappa shape index (κ1) is 15.6. The first-order valence-corrected chi connectivity index (χ1v) is 7.42. The molecule has 0 spiro atoms. The first-order valence-electron chi connectivity index (χ1n) is 7.42. The van der Waals surface area contributed by atoms with E-state index >= 15 is 0 Å². The Balaban J connectivity index is 0.00000147. The summed E-state index contributed by atoms with van der Waals surface area (Å²) in [4.78, 5) is 27.9. The Morgan fingerprint density at radius 1 is 1.20 bits per heavy atom. The van der Waals surface area contributed by atoms with Crippen LogP contribution in [0, 0.1) is 17.8 Å². The molecule has 1 aliphatic heterocycles. The maximum Gasteiger partial charge on any atom is 0.242 e. The van der Waals surface area contributed by atoms with E-state index < -0.39 is 0 Å². The molecule has 1 N–H and O–H groups in total. The molecule has 20 heavy (non-hydrogen) atoms. The Bertz CT molecular complexity index is 375. The first-order chi connectivity index (χ1) is 9.18. The fourth-order valence-electron chi connectivity index (χ4n) is 3.74. The van der Waals surface area contributed by atoms with Gasteiger partial charge in [0.25, 0.3) is 0 Å². The quantitative estimate of drug-likeness (QED) is 0.818. The fourth-order valence-corrected chi connectivity index (χ4v) is 3.74. The molecule has 2 amide bonds. The number of carbonyl (C=O) groups is 2. The van der Waals surface area contributed by atoms with Crippen molar-refractivity contribution in [2.24, 2.45) is 17.8 Å². The number of likely N-dealkylation sites (N-methyl/N-ethyl adjacent to an activating group) is 1. The van der Waals surface area contributed by atoms with E-state index in [2.05, 4.69) is 5.32 Å². The smallest absolute Gasteiger partial charge is 0.242 e. The third-order valence-electron chi connectivity index (χ3n) is 4.91. The van der Waals surface area contributed by atoms with Gasteiger partial charge in [0.15, 0.2) is 0 Å². The zero-order valence-electron chi connectivity index (χ0n) is 12.0. The minimum absolute atomic E-state index is 0. The standard InChI is InChI=1S/C14H23N3O2.ClH/c1-16(9-12(18)17-7-5-15-6-8-17)14(19)13-10-3-2-4-11(10)13;/h10-11,13,15H,2-9H2,1H3;1H. The molecule has 1 heterocycles. The van der Waals surface area contributed by atoms with E-state index in [0.717, 1.165) is 26.2 Å². The molecule has 114 valence electrons. The van der Waals surface area contributed by atoms with Crippen LogP contribution in [0.2, 0.25) is 0 Å². The lowest BCUT2D eigenvalue weighted by Crippen LogP contribution is -2.50. The summed E-state index contributed by atoms with van der Waals surface area (Å²) in [5, 5.41) is 3.23. The van der Waals surface area contributed by atoms with Crippen molar-refractivity contribution in [3.63, 3.8) is 0 Å². The minimum Gasteiger partial charge on any atom is -0.339 e. The van der Waals surface area contributed by atoms with Crippen LogP contribution in [0.25, 0.3) is 0 Å². The number of hydrogen-bond donors (Lipinski definition) is 1. The Morgan fingerprint density at radius 2 is 1.80 bits per heavy atom. The number of fused-ring (bicyclic) bond motifs is 1. The molecule has 0 bridgehead atoms. The zero-order chi connectivity index (χ0) is 13.4. The van der Waals surface area contributed by atoms with Gasteiger partial charge in [0.05, 0.1) is 6.54 Å². The molecule has 6 heteroatoms. The second-order valence-corrected chi connectivity index (χ2v) is 6.11. The third-order valence-corrected chi connectivity index (χ3v) is 4.91. The van der Waals surface area contributed by atoms with Crippen LogP contribution >= 0.6 is 12.4 Å². The van der Waals surface area contributed by atoms with Crippen LogP contribution in [-0.4, -0.2) is 61.4 Å². The molecule has 2 atom stereocenters. The summed E-state index contributed by atoms with van der Waals surface area (Å²) in [6.45, 7) is 3.48. The highest BCUT2D eigenvalue weighted by molar-refractivity contribution is 5.87. The highest BCUT2D eigenvalue weighted by atomic mass is 35.5. The van der Waals surface area contributed by atoms with Crippen molar-refractivity contribution in [2.75, 3.05) is 39.8 Å². The van der Waals surface area contributed by atoms with Gasteiger partial charge in [-0.05, 0) is 24.7 Å². The minimum atomic E-state index is 0. The predicted molar refractivity (Wildman–Crippen MR) is 78.7 cm³/mol. The normalized spacial score (nSPS) is 31.2. The molecule has 0 aromatic carbocycles. The van der Waals surface area contributed by atoms with Crippen LogP contribution in [-0.2, 0) is 9.59 Å². The SMILES string of the molecule is CN(CC(=O)N1CCNCC1)C(=O)C1C2CCCC21.Cl. The van der Waals surface area contributed by atoms with E-state index in [9.17, 15) is 9.59 Å². The molecule has 5 nitrogen and oxygen atoms in total. The van der Waals surface area contributed by atoms with E-state index in [1.807, 2.05) is 4.90 Å². The van der Waals surface area contributed by atoms with Crippen molar-refractivity contribution in [3.05, 3.63) is 0 Å². The molecule has 0 aromatic heterocycles. The Kier molecular flexibility index (Phi) is 4.91. The van der Waals surface area contributed by atoms with Crippen LogP contribution in [0.4, 0.5) is 0 Å². The highest BCUT2D eigenvalue weighted by Gasteiger charge is 2.57. The zero-order valence-corrected chi connectivity index (χ0v) is 12.8. The van der Waals surface area contributed by atoms with E-state index in [1.54, 1.807) is 11.9 Å². The molecular weight excluding hydrogens is 278 g/mol. The second kappa shape index (κ2) is 6.31. The average Bonchev–Trinajstić information content (AvgIpc) is 2.90. The molecular formula is C14H24ClN3O2. The van der Waals surface area contributed by atoms with Crippen molar-refractivity contribution in [3.8, 4) is 0 Å². The average molecular weight is 302 g/mol. The number of halogens is 1. The summed E-state index contributed by atoms with van der Waals surface area (Å²) in [5.41, 5.74) is 0. The van der Waals surface area contributed by atoms with Gasteiger partial charge in [-0.3, -0.25) is 9.59 Å². The van der Waals surface area contributed by atoms with Gasteiger partial charge in [0, 0.05) is 39.1 Å². The molecule has 3 rings (SSSR count). The number of piperazine rings is 1. The van der Waals surface area contributed by atoms with Crippen molar-refractivity contribution in [1.82, 2.24) is 15.1 Å². The lowest BCUT2D eigenvalue weighted by molar-refractivity contribution is -0.140. The number of carbonyl (C=O) groups excluding carboxylic acids is 2. The molecule has 2 aliphatic carbocycles. The molecule has 0 aromatic rings. The number of nitrogens with one attached hydrogen (secondary N) is 1. The summed E-state index contributed by atoms with van der Waals surface area (Å²) in [5.74, 6) is 1.77. The highest BCUT2D eigenvalue weighted by Crippen LogP contribution is 2.57. The van der Waals surface area contributed by atoms with Gasteiger partial charge in [0.1, 0.15) is 0 Å². The Morgan fingerprint density at radius 3 is 2.40 bits per heavy atom.